The van der Waals surface area contributed by atoms with Crippen LogP contribution in [0.5, 0.6) is 0 Å². The van der Waals surface area contributed by atoms with Crippen LogP contribution in [0.15, 0.2) is 83.8 Å². The van der Waals surface area contributed by atoms with Gasteiger partial charge in [-0.3, -0.25) is 9.10 Å². The summed E-state index contributed by atoms with van der Waals surface area (Å²) >= 11 is 0. The maximum absolute atomic E-state index is 13.4. The van der Waals surface area contributed by atoms with Crippen LogP contribution in [0.1, 0.15) is 40.1 Å². The molecule has 32 heavy (non-hydrogen) atoms. The number of para-hydroxylation sites is 1. The number of anilines is 1. The number of esters is 1. The SMILES string of the molecule is CCN(c1ccccc1)S(=O)(=O)c1cc(C(=O)OC(C)C(=O)c2ccccc2)ccc1C. The van der Waals surface area contributed by atoms with E-state index in [0.717, 1.165) is 0 Å². The van der Waals surface area contributed by atoms with Gasteiger partial charge in [-0.05, 0) is 50.6 Å². The number of carbonyl (C=O) groups is 2. The number of ether oxygens (including phenoxy) is 1. The van der Waals surface area contributed by atoms with Crippen LogP contribution in [-0.4, -0.2) is 32.8 Å². The fraction of sp³-hybridized carbons (Fsp3) is 0.200. The van der Waals surface area contributed by atoms with Crippen molar-refractivity contribution in [3.63, 3.8) is 0 Å². The van der Waals surface area contributed by atoms with Crippen molar-refractivity contribution in [2.45, 2.75) is 31.8 Å². The molecule has 1 atom stereocenters. The first-order valence-electron chi connectivity index (χ1n) is 10.2. The minimum absolute atomic E-state index is 0.0136. The van der Waals surface area contributed by atoms with Crippen molar-refractivity contribution < 1.29 is 22.7 Å². The van der Waals surface area contributed by atoms with Gasteiger partial charge in [-0.15, -0.1) is 0 Å². The molecule has 0 bridgehead atoms. The summed E-state index contributed by atoms with van der Waals surface area (Å²) in [5.41, 5.74) is 1.53. The standard InChI is InChI=1S/C25H25NO5S/c1-4-26(22-13-9-6-10-14-22)32(29,30)23-17-21(16-15-18(23)2)25(28)31-19(3)24(27)20-11-7-5-8-12-20/h5-17,19H,4H2,1-3H3. The second kappa shape index (κ2) is 9.78. The lowest BCUT2D eigenvalue weighted by molar-refractivity contribution is 0.0318. The van der Waals surface area contributed by atoms with Gasteiger partial charge in [0.05, 0.1) is 16.1 Å². The van der Waals surface area contributed by atoms with E-state index in [1.54, 1.807) is 74.5 Å². The van der Waals surface area contributed by atoms with E-state index >= 15 is 0 Å². The number of sulfonamides is 1. The molecule has 0 spiro atoms. The summed E-state index contributed by atoms with van der Waals surface area (Å²) < 4.78 is 33.4. The van der Waals surface area contributed by atoms with E-state index in [1.807, 2.05) is 6.07 Å². The molecule has 0 aromatic heterocycles. The average molecular weight is 452 g/mol. The van der Waals surface area contributed by atoms with Gasteiger partial charge in [0, 0.05) is 12.1 Å². The van der Waals surface area contributed by atoms with Crippen LogP contribution in [0, 0.1) is 6.92 Å². The molecule has 3 rings (SSSR count). The zero-order chi connectivity index (χ0) is 23.3. The zero-order valence-corrected chi connectivity index (χ0v) is 19.0. The van der Waals surface area contributed by atoms with Gasteiger partial charge in [0.1, 0.15) is 0 Å². The number of nitrogens with zero attached hydrogens (tertiary/aromatic N) is 1. The summed E-state index contributed by atoms with van der Waals surface area (Å²) in [6.07, 6.45) is -1.01. The Bertz CT molecular complexity index is 1210. The van der Waals surface area contributed by atoms with Crippen molar-refractivity contribution in [1.29, 1.82) is 0 Å². The van der Waals surface area contributed by atoms with Crippen LogP contribution in [0.3, 0.4) is 0 Å². The van der Waals surface area contributed by atoms with Crippen LogP contribution >= 0.6 is 0 Å². The lowest BCUT2D eigenvalue weighted by Crippen LogP contribution is -2.31. The molecular formula is C25H25NO5S. The molecule has 0 heterocycles. The Kier molecular flexibility index (Phi) is 7.10. The fourth-order valence-electron chi connectivity index (χ4n) is 3.33. The second-order valence-corrected chi connectivity index (χ2v) is 9.09. The van der Waals surface area contributed by atoms with Crippen molar-refractivity contribution in [3.8, 4) is 0 Å². The average Bonchev–Trinajstić information content (AvgIpc) is 2.80. The zero-order valence-electron chi connectivity index (χ0n) is 18.2. The third kappa shape index (κ3) is 4.89. The number of benzene rings is 3. The Hall–Kier alpha value is -3.45. The number of aryl methyl sites for hydroxylation is 1. The van der Waals surface area contributed by atoms with Crippen LogP contribution < -0.4 is 4.31 Å². The van der Waals surface area contributed by atoms with E-state index in [0.29, 0.717) is 16.8 Å². The molecule has 0 aliphatic heterocycles. The summed E-state index contributed by atoms with van der Waals surface area (Å²) in [7, 11) is -3.92. The monoisotopic (exact) mass is 451 g/mol. The molecule has 0 aliphatic carbocycles. The van der Waals surface area contributed by atoms with Crippen molar-refractivity contribution in [2.75, 3.05) is 10.8 Å². The van der Waals surface area contributed by atoms with Crippen LogP contribution in [0.2, 0.25) is 0 Å². The quantitative estimate of drug-likeness (QED) is 0.368. The first kappa shape index (κ1) is 23.2. The van der Waals surface area contributed by atoms with Crippen molar-refractivity contribution in [3.05, 3.63) is 95.6 Å². The fourth-order valence-corrected chi connectivity index (χ4v) is 5.06. The smallest absolute Gasteiger partial charge is 0.338 e. The molecule has 0 saturated heterocycles. The van der Waals surface area contributed by atoms with Crippen molar-refractivity contribution in [2.24, 2.45) is 0 Å². The van der Waals surface area contributed by atoms with Crippen LogP contribution in [-0.2, 0) is 14.8 Å². The molecule has 3 aromatic rings. The molecule has 3 aromatic carbocycles. The second-order valence-electron chi connectivity index (χ2n) is 7.26. The molecule has 1 unspecified atom stereocenters. The highest BCUT2D eigenvalue weighted by atomic mass is 32.2. The number of carbonyl (C=O) groups excluding carboxylic acids is 2. The maximum Gasteiger partial charge on any atom is 0.338 e. The predicted molar refractivity (Wildman–Crippen MR) is 123 cm³/mol. The first-order chi connectivity index (χ1) is 15.3. The minimum Gasteiger partial charge on any atom is -0.451 e. The Balaban J connectivity index is 1.88. The van der Waals surface area contributed by atoms with Crippen LogP contribution in [0.25, 0.3) is 0 Å². The van der Waals surface area contributed by atoms with Crippen molar-refractivity contribution >= 4 is 27.5 Å². The number of hydrogen-bond acceptors (Lipinski definition) is 5. The molecule has 0 saturated carbocycles. The lowest BCUT2D eigenvalue weighted by Gasteiger charge is -2.24. The minimum atomic E-state index is -3.92. The highest BCUT2D eigenvalue weighted by Crippen LogP contribution is 2.26. The molecule has 0 amide bonds. The molecule has 0 fully saturated rings. The summed E-state index contributed by atoms with van der Waals surface area (Å²) in [5.74, 6) is -1.10. The van der Waals surface area contributed by atoms with E-state index in [1.165, 1.54) is 23.4 Å². The van der Waals surface area contributed by atoms with E-state index in [9.17, 15) is 18.0 Å². The first-order valence-corrected chi connectivity index (χ1v) is 11.7. The van der Waals surface area contributed by atoms with Gasteiger partial charge in [0.2, 0.25) is 5.78 Å². The number of rotatable bonds is 8. The van der Waals surface area contributed by atoms with E-state index in [2.05, 4.69) is 0 Å². The maximum atomic E-state index is 13.4. The van der Waals surface area contributed by atoms with E-state index in [-0.39, 0.29) is 22.8 Å². The Morgan fingerprint density at radius 1 is 0.906 bits per heavy atom. The molecule has 0 N–H and O–H groups in total. The molecule has 6 nitrogen and oxygen atoms in total. The largest absolute Gasteiger partial charge is 0.451 e. The third-order valence-corrected chi connectivity index (χ3v) is 7.08. The summed E-state index contributed by atoms with van der Waals surface area (Å²) in [4.78, 5) is 25.2. The highest BCUT2D eigenvalue weighted by Gasteiger charge is 2.27. The van der Waals surface area contributed by atoms with Gasteiger partial charge < -0.3 is 4.74 Å². The van der Waals surface area contributed by atoms with Gasteiger partial charge in [-0.2, -0.15) is 0 Å². The Morgan fingerprint density at radius 3 is 2.09 bits per heavy atom. The molecule has 0 radical (unpaired) electrons. The number of hydrogen-bond donors (Lipinski definition) is 0. The predicted octanol–water partition coefficient (Wildman–Crippen LogP) is 4.64. The van der Waals surface area contributed by atoms with Crippen molar-refractivity contribution in [1.82, 2.24) is 0 Å². The van der Waals surface area contributed by atoms with E-state index in [4.69, 9.17) is 4.74 Å². The van der Waals surface area contributed by atoms with Crippen LogP contribution in [0.4, 0.5) is 5.69 Å². The molecule has 0 aliphatic rings. The number of ketones is 1. The van der Waals surface area contributed by atoms with Gasteiger partial charge in [-0.1, -0.05) is 54.6 Å². The van der Waals surface area contributed by atoms with Gasteiger partial charge in [0.15, 0.2) is 6.10 Å². The Morgan fingerprint density at radius 2 is 1.50 bits per heavy atom. The van der Waals surface area contributed by atoms with E-state index < -0.39 is 22.1 Å². The summed E-state index contributed by atoms with van der Waals surface area (Å²) in [5, 5.41) is 0. The molecular weight excluding hydrogens is 426 g/mol. The highest BCUT2D eigenvalue weighted by molar-refractivity contribution is 7.92. The summed E-state index contributed by atoms with van der Waals surface area (Å²) in [6.45, 7) is 5.13. The topological polar surface area (TPSA) is 80.8 Å². The Labute approximate surface area is 188 Å². The normalized spacial score (nSPS) is 12.1. The van der Waals surface area contributed by atoms with Gasteiger partial charge >= 0.3 is 5.97 Å². The van der Waals surface area contributed by atoms with Gasteiger partial charge in [0.25, 0.3) is 10.0 Å². The van der Waals surface area contributed by atoms with Gasteiger partial charge in [-0.25, -0.2) is 13.2 Å². The number of Topliss-reactive ketones (excluding diaryl/α,β-unsaturated/α-hetero) is 1. The lowest BCUT2D eigenvalue weighted by atomic mass is 10.1. The third-order valence-electron chi connectivity index (χ3n) is 5.03. The molecule has 166 valence electrons. The molecule has 7 heteroatoms. The summed E-state index contributed by atoms with van der Waals surface area (Å²) in [6, 6.07) is 21.7.